The van der Waals surface area contributed by atoms with E-state index in [2.05, 4.69) is 54.5 Å². The Morgan fingerprint density at radius 1 is 0.621 bits per heavy atom. The number of carbonyl (C=O) groups excluding carboxylic acids is 4. The van der Waals surface area contributed by atoms with E-state index in [-0.39, 0.29) is 17.7 Å². The molecular formula is C57H113N3O6. The average Bonchev–Trinajstić information content (AvgIpc) is 3.30. The Labute approximate surface area is 410 Å². The van der Waals surface area contributed by atoms with Gasteiger partial charge in [-0.3, -0.25) is 14.4 Å². The van der Waals surface area contributed by atoms with Crippen LogP contribution in [0.1, 0.15) is 279 Å². The molecule has 1 rings (SSSR count). The number of ether oxygens (including phenoxy) is 2. The van der Waals surface area contributed by atoms with Crippen molar-refractivity contribution in [1.82, 2.24) is 15.1 Å². The van der Waals surface area contributed by atoms with Gasteiger partial charge in [0.2, 0.25) is 5.91 Å². The number of ketones is 1. The lowest BCUT2D eigenvalue weighted by Gasteiger charge is -2.39. The van der Waals surface area contributed by atoms with Crippen molar-refractivity contribution < 1.29 is 28.7 Å². The Morgan fingerprint density at radius 3 is 1.59 bits per heavy atom. The van der Waals surface area contributed by atoms with Crippen LogP contribution in [0.15, 0.2) is 0 Å². The number of nitrogens with one attached hydrogen (secondary N) is 1. The van der Waals surface area contributed by atoms with E-state index in [0.29, 0.717) is 51.0 Å². The lowest BCUT2D eigenvalue weighted by molar-refractivity contribution is -0.144. The molecule has 0 bridgehead atoms. The first-order chi connectivity index (χ1) is 32.0. The molecule has 392 valence electrons. The largest absolute Gasteiger partial charge is 0.468 e. The maximum Gasteiger partial charge on any atom is 0.305 e. The molecule has 2 unspecified atom stereocenters. The number of amides is 1. The van der Waals surface area contributed by atoms with E-state index in [9.17, 15) is 19.2 Å². The van der Waals surface area contributed by atoms with Gasteiger partial charge in [-0.2, -0.15) is 0 Å². The van der Waals surface area contributed by atoms with Crippen LogP contribution in [0, 0.1) is 5.92 Å². The molecule has 1 fully saturated rings. The SMILES string of the molecule is CC(=O)CCCCCCCOC=O.CCCCCCCCC(C)CCCCCCCC.CCCCCCCCCCCOC(=O)CCCCCN1CCC(NC(=O)CCN(C)C)CC1CC. The topological polar surface area (TPSA) is 105 Å². The molecule has 1 N–H and O–H groups in total. The minimum atomic E-state index is -0.0261. The zero-order chi connectivity index (χ0) is 49.1. The zero-order valence-electron chi connectivity index (χ0n) is 45.4. The van der Waals surface area contributed by atoms with Gasteiger partial charge in [0.25, 0.3) is 6.47 Å². The highest BCUT2D eigenvalue weighted by Crippen LogP contribution is 2.22. The van der Waals surface area contributed by atoms with Crippen molar-refractivity contribution in [3.8, 4) is 0 Å². The van der Waals surface area contributed by atoms with Crippen LogP contribution in [-0.2, 0) is 28.7 Å². The number of unbranched alkanes of at least 4 members (excludes halogenated alkanes) is 24. The van der Waals surface area contributed by atoms with Crippen LogP contribution in [0.5, 0.6) is 0 Å². The van der Waals surface area contributed by atoms with Crippen LogP contribution in [0.3, 0.4) is 0 Å². The summed E-state index contributed by atoms with van der Waals surface area (Å²) in [6.07, 6.45) is 45.2. The number of hydrogen-bond acceptors (Lipinski definition) is 8. The van der Waals surface area contributed by atoms with E-state index < -0.39 is 0 Å². The first-order valence-corrected chi connectivity index (χ1v) is 28.4. The van der Waals surface area contributed by atoms with Crippen molar-refractivity contribution >= 4 is 24.1 Å². The van der Waals surface area contributed by atoms with Gasteiger partial charge in [-0.15, -0.1) is 0 Å². The molecule has 1 aliphatic rings. The zero-order valence-corrected chi connectivity index (χ0v) is 45.4. The van der Waals surface area contributed by atoms with E-state index in [0.717, 1.165) is 103 Å². The van der Waals surface area contributed by atoms with Crippen LogP contribution < -0.4 is 5.32 Å². The molecule has 0 spiro atoms. The van der Waals surface area contributed by atoms with Gasteiger partial charge in [-0.05, 0) is 84.8 Å². The third-order valence-electron chi connectivity index (χ3n) is 13.3. The molecular weight excluding hydrogens is 823 g/mol. The van der Waals surface area contributed by atoms with Gasteiger partial charge in [-0.1, -0.05) is 202 Å². The summed E-state index contributed by atoms with van der Waals surface area (Å²) >= 11 is 0. The molecule has 2 atom stereocenters. The summed E-state index contributed by atoms with van der Waals surface area (Å²) in [6.45, 7) is 17.7. The smallest absolute Gasteiger partial charge is 0.305 e. The van der Waals surface area contributed by atoms with Crippen molar-refractivity contribution in [2.75, 3.05) is 46.9 Å². The molecule has 0 aromatic rings. The number of Topliss-reactive ketones (excluding diaryl/α,β-unsaturated/α-hetero) is 1. The Kier molecular flexibility index (Phi) is 52.4. The second kappa shape index (κ2) is 52.4. The molecule has 0 saturated carbocycles. The Hall–Kier alpha value is -2.00. The first kappa shape index (κ1) is 66.1. The number of likely N-dealkylation sites (tertiary alicyclic amines) is 1. The molecule has 0 aromatic heterocycles. The fourth-order valence-electron chi connectivity index (χ4n) is 8.84. The van der Waals surface area contributed by atoms with Crippen molar-refractivity contribution in [3.63, 3.8) is 0 Å². The van der Waals surface area contributed by atoms with Crippen molar-refractivity contribution in [2.24, 2.45) is 5.92 Å². The minimum Gasteiger partial charge on any atom is -0.468 e. The van der Waals surface area contributed by atoms with Crippen LogP contribution in [0.25, 0.3) is 0 Å². The van der Waals surface area contributed by atoms with Crippen molar-refractivity contribution in [2.45, 2.75) is 291 Å². The first-order valence-electron chi connectivity index (χ1n) is 28.4. The van der Waals surface area contributed by atoms with E-state index in [1.54, 1.807) is 6.92 Å². The summed E-state index contributed by atoms with van der Waals surface area (Å²) in [4.78, 5) is 49.1. The highest BCUT2D eigenvalue weighted by atomic mass is 16.5. The molecule has 1 amide bonds. The Balaban J connectivity index is 0. The lowest BCUT2D eigenvalue weighted by Crippen LogP contribution is -2.50. The number of piperidine rings is 1. The average molecular weight is 937 g/mol. The van der Waals surface area contributed by atoms with Gasteiger partial charge in [0.15, 0.2) is 0 Å². The fourth-order valence-corrected chi connectivity index (χ4v) is 8.84. The molecule has 0 radical (unpaired) electrons. The van der Waals surface area contributed by atoms with Gasteiger partial charge in [0, 0.05) is 44.4 Å². The lowest BCUT2D eigenvalue weighted by atomic mass is 9.94. The molecule has 66 heavy (non-hydrogen) atoms. The van der Waals surface area contributed by atoms with Gasteiger partial charge < -0.3 is 29.4 Å². The predicted molar refractivity (Wildman–Crippen MR) is 282 cm³/mol. The third-order valence-corrected chi connectivity index (χ3v) is 13.3. The number of esters is 1. The number of hydrogen-bond donors (Lipinski definition) is 1. The van der Waals surface area contributed by atoms with E-state index in [1.807, 2.05) is 14.1 Å². The molecule has 0 aromatic carbocycles. The van der Waals surface area contributed by atoms with E-state index in [4.69, 9.17) is 4.74 Å². The molecule has 9 nitrogen and oxygen atoms in total. The van der Waals surface area contributed by atoms with Gasteiger partial charge in [0.05, 0.1) is 13.2 Å². The summed E-state index contributed by atoms with van der Waals surface area (Å²) in [7, 11) is 4.00. The molecule has 1 saturated heterocycles. The van der Waals surface area contributed by atoms with Gasteiger partial charge in [0.1, 0.15) is 5.78 Å². The van der Waals surface area contributed by atoms with Crippen molar-refractivity contribution in [3.05, 3.63) is 0 Å². The summed E-state index contributed by atoms with van der Waals surface area (Å²) < 4.78 is 9.96. The summed E-state index contributed by atoms with van der Waals surface area (Å²) in [5.74, 6) is 1.39. The van der Waals surface area contributed by atoms with Crippen LogP contribution >= 0.6 is 0 Å². The Bertz CT molecular complexity index is 1040. The molecule has 0 aliphatic carbocycles. The second-order valence-corrected chi connectivity index (χ2v) is 20.2. The highest BCUT2D eigenvalue weighted by molar-refractivity contribution is 5.76. The van der Waals surface area contributed by atoms with Gasteiger partial charge in [-0.25, -0.2) is 0 Å². The van der Waals surface area contributed by atoms with Gasteiger partial charge >= 0.3 is 5.97 Å². The normalized spacial score (nSPS) is 14.9. The second-order valence-electron chi connectivity index (χ2n) is 20.2. The number of nitrogens with zero attached hydrogens (tertiary/aromatic N) is 2. The Morgan fingerprint density at radius 2 is 1.09 bits per heavy atom. The predicted octanol–water partition coefficient (Wildman–Crippen LogP) is 15.1. The minimum absolute atomic E-state index is 0.0261. The van der Waals surface area contributed by atoms with Crippen LogP contribution in [-0.4, -0.2) is 93.0 Å². The quantitative estimate of drug-likeness (QED) is 0.0366. The standard InChI is InChI=1S/C29H57N3O3.C18H38.C10H18O3/c1-5-7-8-9-10-11-12-13-17-24-35-29(34)18-15-14-16-21-32-23-19-26(25-27(32)6-2)30-28(33)20-22-31(3)4;1-4-6-8-10-12-14-16-18(3)17-15-13-11-9-7-5-2;1-10(12)7-5-3-2-4-6-8-13-9-11/h26-27H,5-25H2,1-4H3,(H,30,33);18H,4-17H2,1-3H3;9H,2-8H2,1H3. The van der Waals surface area contributed by atoms with Crippen molar-refractivity contribution in [1.29, 1.82) is 0 Å². The maximum absolute atomic E-state index is 12.2. The molecule has 9 heteroatoms. The van der Waals surface area contributed by atoms with Crippen LogP contribution in [0.2, 0.25) is 0 Å². The number of carbonyl (C=O) groups is 4. The summed E-state index contributed by atoms with van der Waals surface area (Å²) in [5, 5.41) is 3.24. The maximum atomic E-state index is 12.2. The summed E-state index contributed by atoms with van der Waals surface area (Å²) in [5.41, 5.74) is 0. The molecule has 1 aliphatic heterocycles. The van der Waals surface area contributed by atoms with E-state index in [1.165, 1.54) is 141 Å². The third kappa shape index (κ3) is 49.9. The van der Waals surface area contributed by atoms with Crippen LogP contribution in [0.4, 0.5) is 0 Å². The fraction of sp³-hybridized carbons (Fsp3) is 0.930. The summed E-state index contributed by atoms with van der Waals surface area (Å²) in [6, 6.07) is 0.857. The van der Waals surface area contributed by atoms with E-state index >= 15 is 0 Å². The highest BCUT2D eigenvalue weighted by Gasteiger charge is 2.27. The molecule has 1 heterocycles. The number of rotatable bonds is 44. The monoisotopic (exact) mass is 936 g/mol.